The molecule has 3 atom stereocenters. The van der Waals surface area contributed by atoms with Gasteiger partial charge in [0.1, 0.15) is 11.5 Å². The van der Waals surface area contributed by atoms with Crippen LogP contribution in [0.3, 0.4) is 0 Å². The van der Waals surface area contributed by atoms with Crippen LogP contribution in [0.5, 0.6) is 0 Å². The van der Waals surface area contributed by atoms with Crippen molar-refractivity contribution in [1.29, 1.82) is 10.5 Å². The van der Waals surface area contributed by atoms with Crippen LogP contribution in [-0.2, 0) is 14.9 Å². The minimum atomic E-state index is -1.33. The largest absolute Gasteiger partial charge is 0.461 e. The fraction of sp³-hybridized carbons (Fsp3) is 0.375. The molecule has 1 fully saturated rings. The number of hydrogen-bond acceptors (Lipinski definition) is 4. The molecule has 4 nitrogen and oxygen atoms in total. The van der Waals surface area contributed by atoms with Crippen molar-refractivity contribution < 1.29 is 9.53 Å². The summed E-state index contributed by atoms with van der Waals surface area (Å²) in [7, 11) is 0. The first kappa shape index (κ1) is 19.6. The van der Waals surface area contributed by atoms with Crippen molar-refractivity contribution in [3.63, 3.8) is 0 Å². The zero-order chi connectivity index (χ0) is 20.0. The Morgan fingerprint density at radius 3 is 2.18 bits per heavy atom. The van der Waals surface area contributed by atoms with E-state index in [0.717, 1.165) is 25.7 Å². The van der Waals surface area contributed by atoms with E-state index in [0.29, 0.717) is 5.56 Å². The van der Waals surface area contributed by atoms with Gasteiger partial charge >= 0.3 is 5.97 Å². The number of nitriles is 2. The monoisotopic (exact) mass is 372 g/mol. The van der Waals surface area contributed by atoms with E-state index in [1.165, 1.54) is 5.56 Å². The van der Waals surface area contributed by atoms with Crippen molar-refractivity contribution in [3.05, 3.63) is 71.8 Å². The Morgan fingerprint density at radius 1 is 1.00 bits per heavy atom. The molecule has 1 aliphatic rings. The molecule has 0 bridgehead atoms. The first-order valence-corrected chi connectivity index (χ1v) is 9.72. The zero-order valence-electron chi connectivity index (χ0n) is 16.0. The Bertz CT molecular complexity index is 868. The Labute approximate surface area is 166 Å². The van der Waals surface area contributed by atoms with E-state index in [1.807, 2.05) is 36.4 Å². The minimum absolute atomic E-state index is 0.140. The SMILES string of the molecule is CC(C(=O)O[C@@H]1CCCC[C@H]1c1ccccc1)(c1ccccc1)C(C#N)C#N. The highest BCUT2D eigenvalue weighted by Gasteiger charge is 2.47. The fourth-order valence-corrected chi connectivity index (χ4v) is 4.05. The Hall–Kier alpha value is -3.11. The van der Waals surface area contributed by atoms with Crippen LogP contribution in [0.15, 0.2) is 60.7 Å². The maximum atomic E-state index is 13.3. The third kappa shape index (κ3) is 3.78. The molecule has 0 spiro atoms. The van der Waals surface area contributed by atoms with Crippen molar-refractivity contribution in [2.45, 2.75) is 50.0 Å². The van der Waals surface area contributed by atoms with Gasteiger partial charge in [-0.1, -0.05) is 67.1 Å². The third-order valence-corrected chi connectivity index (χ3v) is 5.82. The molecule has 0 aliphatic heterocycles. The minimum Gasteiger partial charge on any atom is -0.461 e. The van der Waals surface area contributed by atoms with E-state index < -0.39 is 17.3 Å². The average molecular weight is 372 g/mol. The van der Waals surface area contributed by atoms with Gasteiger partial charge in [-0.25, -0.2) is 0 Å². The maximum Gasteiger partial charge on any atom is 0.319 e. The molecule has 0 amide bonds. The highest BCUT2D eigenvalue weighted by Crippen LogP contribution is 2.39. The molecule has 1 saturated carbocycles. The van der Waals surface area contributed by atoms with Gasteiger partial charge in [0.2, 0.25) is 0 Å². The van der Waals surface area contributed by atoms with Crippen molar-refractivity contribution in [1.82, 2.24) is 0 Å². The predicted molar refractivity (Wildman–Crippen MR) is 106 cm³/mol. The molecule has 0 aromatic heterocycles. The first-order valence-electron chi connectivity index (χ1n) is 9.72. The quantitative estimate of drug-likeness (QED) is 0.701. The number of benzene rings is 2. The summed E-state index contributed by atoms with van der Waals surface area (Å²) in [4.78, 5) is 13.3. The molecule has 142 valence electrons. The summed E-state index contributed by atoms with van der Waals surface area (Å²) < 4.78 is 6.02. The number of esters is 1. The van der Waals surface area contributed by atoms with E-state index >= 15 is 0 Å². The van der Waals surface area contributed by atoms with Crippen molar-refractivity contribution in [3.8, 4) is 12.1 Å². The smallest absolute Gasteiger partial charge is 0.319 e. The number of rotatable bonds is 5. The van der Waals surface area contributed by atoms with Gasteiger partial charge in [0.05, 0.1) is 12.1 Å². The Kier molecular flexibility index (Phi) is 6.12. The van der Waals surface area contributed by atoms with E-state index in [2.05, 4.69) is 12.1 Å². The van der Waals surface area contributed by atoms with E-state index in [9.17, 15) is 15.3 Å². The lowest BCUT2D eigenvalue weighted by molar-refractivity contribution is -0.159. The predicted octanol–water partition coefficient (Wildman–Crippen LogP) is 4.88. The number of carbonyl (C=O) groups is 1. The van der Waals surface area contributed by atoms with E-state index in [4.69, 9.17) is 4.74 Å². The van der Waals surface area contributed by atoms with Gasteiger partial charge in [-0.05, 0) is 37.3 Å². The molecule has 1 aliphatic carbocycles. The van der Waals surface area contributed by atoms with Gasteiger partial charge in [-0.3, -0.25) is 4.79 Å². The molecule has 1 unspecified atom stereocenters. The third-order valence-electron chi connectivity index (χ3n) is 5.82. The lowest BCUT2D eigenvalue weighted by atomic mass is 9.72. The molecule has 28 heavy (non-hydrogen) atoms. The lowest BCUT2D eigenvalue weighted by Gasteiger charge is -2.36. The molecule has 4 heteroatoms. The molecule has 0 radical (unpaired) electrons. The highest BCUT2D eigenvalue weighted by atomic mass is 16.5. The zero-order valence-corrected chi connectivity index (χ0v) is 16.0. The number of hydrogen-bond donors (Lipinski definition) is 0. The summed E-state index contributed by atoms with van der Waals surface area (Å²) in [5, 5.41) is 19.1. The van der Waals surface area contributed by atoms with Crippen LogP contribution in [0.25, 0.3) is 0 Å². The van der Waals surface area contributed by atoms with Crippen LogP contribution in [-0.4, -0.2) is 12.1 Å². The van der Waals surface area contributed by atoms with Gasteiger partial charge < -0.3 is 4.74 Å². The van der Waals surface area contributed by atoms with Gasteiger partial charge in [-0.15, -0.1) is 0 Å². The standard InChI is InChI=1S/C24H24N2O2/c1-24(20(16-25)17-26,19-12-6-3-7-13-19)23(27)28-22-15-9-8-14-21(22)18-10-4-2-5-11-18/h2-7,10-13,20-22H,8-9,14-15H2,1H3/t21-,22+,24?/m0/s1. The van der Waals surface area contributed by atoms with Crippen molar-refractivity contribution >= 4 is 5.97 Å². The van der Waals surface area contributed by atoms with E-state index in [1.54, 1.807) is 31.2 Å². The van der Waals surface area contributed by atoms with Gasteiger partial charge in [0.25, 0.3) is 0 Å². The van der Waals surface area contributed by atoms with Crippen LogP contribution in [0.4, 0.5) is 0 Å². The Morgan fingerprint density at radius 2 is 1.57 bits per heavy atom. The summed E-state index contributed by atoms with van der Waals surface area (Å²) in [6.07, 6.45) is 3.61. The summed E-state index contributed by atoms with van der Waals surface area (Å²) in [5.74, 6) is -1.48. The van der Waals surface area contributed by atoms with Gasteiger partial charge in [0, 0.05) is 5.92 Å². The first-order chi connectivity index (χ1) is 13.6. The molecule has 2 aromatic carbocycles. The molecule has 0 saturated heterocycles. The normalized spacial score (nSPS) is 21.1. The van der Waals surface area contributed by atoms with Crippen LogP contribution < -0.4 is 0 Å². The molecule has 0 N–H and O–H groups in total. The number of nitrogens with zero attached hydrogens (tertiary/aromatic N) is 2. The van der Waals surface area contributed by atoms with Gasteiger partial charge in [-0.2, -0.15) is 10.5 Å². The van der Waals surface area contributed by atoms with Crippen LogP contribution in [0, 0.1) is 28.6 Å². The van der Waals surface area contributed by atoms with Crippen LogP contribution >= 0.6 is 0 Å². The second-order valence-corrected chi connectivity index (χ2v) is 7.50. The summed E-state index contributed by atoms with van der Waals surface area (Å²) in [6, 6.07) is 23.1. The number of carbonyl (C=O) groups excluding carboxylic acids is 1. The number of ether oxygens (including phenoxy) is 1. The van der Waals surface area contributed by atoms with Crippen LogP contribution in [0.2, 0.25) is 0 Å². The molecular formula is C24H24N2O2. The summed E-state index contributed by atoms with van der Waals surface area (Å²) in [6.45, 7) is 1.64. The maximum absolute atomic E-state index is 13.3. The second kappa shape index (κ2) is 8.72. The molecule has 2 aromatic rings. The average Bonchev–Trinajstić information content (AvgIpc) is 2.76. The van der Waals surface area contributed by atoms with Crippen LogP contribution in [0.1, 0.15) is 49.7 Å². The topological polar surface area (TPSA) is 73.9 Å². The molecule has 3 rings (SSSR count). The van der Waals surface area contributed by atoms with Gasteiger partial charge in [0.15, 0.2) is 5.92 Å². The molecule has 0 heterocycles. The van der Waals surface area contributed by atoms with Crippen molar-refractivity contribution in [2.24, 2.45) is 5.92 Å². The molecular weight excluding hydrogens is 348 g/mol. The Balaban J connectivity index is 1.91. The summed E-state index contributed by atoms with van der Waals surface area (Å²) >= 11 is 0. The van der Waals surface area contributed by atoms with E-state index in [-0.39, 0.29) is 12.0 Å². The highest BCUT2D eigenvalue weighted by molar-refractivity contribution is 5.84. The summed E-state index contributed by atoms with van der Waals surface area (Å²) in [5.41, 5.74) is 0.461. The lowest BCUT2D eigenvalue weighted by Crippen LogP contribution is -2.43. The second-order valence-electron chi connectivity index (χ2n) is 7.50. The van der Waals surface area contributed by atoms with Crippen molar-refractivity contribution in [2.75, 3.05) is 0 Å². The fourth-order valence-electron chi connectivity index (χ4n) is 4.05.